The Bertz CT molecular complexity index is 922. The molecule has 0 aliphatic rings. The van der Waals surface area contributed by atoms with Crippen LogP contribution in [0.3, 0.4) is 0 Å². The molecule has 4 nitrogen and oxygen atoms in total. The van der Waals surface area contributed by atoms with Crippen molar-refractivity contribution >= 4 is 17.5 Å². The second-order valence-corrected chi connectivity index (χ2v) is 7.86. The van der Waals surface area contributed by atoms with Gasteiger partial charge in [0.15, 0.2) is 5.76 Å². The topological polar surface area (TPSA) is 36.3 Å². The van der Waals surface area contributed by atoms with Crippen molar-refractivity contribution in [2.24, 2.45) is 5.41 Å². The molecule has 2 aromatic carbocycles. The van der Waals surface area contributed by atoms with Crippen molar-refractivity contribution in [3.8, 4) is 16.9 Å². The first kappa shape index (κ1) is 20.0. The van der Waals surface area contributed by atoms with Crippen molar-refractivity contribution in [2.45, 2.75) is 27.7 Å². The van der Waals surface area contributed by atoms with Gasteiger partial charge in [0.25, 0.3) is 0 Å². The quantitative estimate of drug-likeness (QED) is 0.446. The smallest absolute Gasteiger partial charge is 0.244 e. The van der Waals surface area contributed by atoms with Gasteiger partial charge in [0.05, 0.1) is 6.61 Å². The fourth-order valence-electron chi connectivity index (χ4n) is 2.81. The highest BCUT2D eigenvalue weighted by atomic mass is 35.5. The van der Waals surface area contributed by atoms with Gasteiger partial charge in [0, 0.05) is 22.8 Å². The van der Waals surface area contributed by atoms with Crippen LogP contribution < -0.4 is 4.74 Å². The molecule has 0 unspecified atom stereocenters. The molecule has 0 fully saturated rings. The monoisotopic (exact) mass is 396 g/mol. The van der Waals surface area contributed by atoms with Crippen LogP contribution in [0.5, 0.6) is 5.75 Å². The summed E-state index contributed by atoms with van der Waals surface area (Å²) < 4.78 is 14.1. The molecule has 0 N–H and O–H groups in total. The maximum atomic E-state index is 6.27. The van der Waals surface area contributed by atoms with E-state index in [-0.39, 0.29) is 5.41 Å². The molecule has 0 aliphatic carbocycles. The number of benzene rings is 2. The first-order chi connectivity index (χ1) is 13.4. The number of rotatable bonds is 6. The maximum absolute atomic E-state index is 6.27. The zero-order chi connectivity index (χ0) is 20.1. The first-order valence-corrected chi connectivity index (χ1v) is 9.66. The highest BCUT2D eigenvalue weighted by molar-refractivity contribution is 6.30. The third kappa shape index (κ3) is 4.76. The molecule has 0 atom stereocenters. The van der Waals surface area contributed by atoms with E-state index in [4.69, 9.17) is 21.1 Å². The van der Waals surface area contributed by atoms with Gasteiger partial charge in [-0.15, -0.1) is 0 Å². The van der Waals surface area contributed by atoms with E-state index < -0.39 is 0 Å². The Kier molecular flexibility index (Phi) is 6.10. The van der Waals surface area contributed by atoms with Crippen molar-refractivity contribution in [2.75, 3.05) is 6.61 Å². The third-order valence-electron chi connectivity index (χ3n) is 4.15. The molecule has 0 aliphatic heterocycles. The molecule has 0 bridgehead atoms. The number of imidazole rings is 1. The van der Waals surface area contributed by atoms with Crippen molar-refractivity contribution in [3.05, 3.63) is 78.0 Å². The fraction of sp³-hybridized carbons (Fsp3) is 0.261. The van der Waals surface area contributed by atoms with Gasteiger partial charge in [0.1, 0.15) is 12.1 Å². The molecule has 1 aromatic heterocycles. The number of allylic oxidation sites excluding steroid dienone is 1. The van der Waals surface area contributed by atoms with Gasteiger partial charge in [0.2, 0.25) is 5.88 Å². The SMILES string of the molecule is CCO/C(=C(/Oc1ccc(-c2ccc(Cl)cc2)cc1)n1ccnc1)C(C)(C)C. The summed E-state index contributed by atoms with van der Waals surface area (Å²) in [6.07, 6.45) is 5.28. The van der Waals surface area contributed by atoms with Crippen LogP contribution in [0.2, 0.25) is 5.02 Å². The van der Waals surface area contributed by atoms with Gasteiger partial charge >= 0.3 is 0 Å². The average molecular weight is 397 g/mol. The highest BCUT2D eigenvalue weighted by Crippen LogP contribution is 2.33. The summed E-state index contributed by atoms with van der Waals surface area (Å²) in [5.41, 5.74) is 1.97. The van der Waals surface area contributed by atoms with Crippen LogP contribution in [0.4, 0.5) is 0 Å². The minimum atomic E-state index is -0.223. The zero-order valence-corrected chi connectivity index (χ0v) is 17.4. The van der Waals surface area contributed by atoms with Crippen LogP contribution in [0.25, 0.3) is 17.0 Å². The average Bonchev–Trinajstić information content (AvgIpc) is 3.19. The third-order valence-corrected chi connectivity index (χ3v) is 4.40. The number of aromatic nitrogens is 2. The van der Waals surface area contributed by atoms with E-state index in [1.807, 2.05) is 66.2 Å². The lowest BCUT2D eigenvalue weighted by Crippen LogP contribution is -2.19. The Hall–Kier alpha value is -2.72. The van der Waals surface area contributed by atoms with E-state index in [0.29, 0.717) is 12.5 Å². The molecule has 0 spiro atoms. The Morgan fingerprint density at radius 2 is 1.61 bits per heavy atom. The summed E-state index contributed by atoms with van der Waals surface area (Å²) in [5.74, 6) is 2.11. The van der Waals surface area contributed by atoms with Crippen LogP contribution >= 0.6 is 11.6 Å². The standard InChI is InChI=1S/C23H25ClN2O2/c1-5-27-21(23(2,3)4)22(26-15-14-25-16-26)28-20-12-8-18(9-13-20)17-6-10-19(24)11-7-17/h6-16H,5H2,1-4H3/b22-21+. The summed E-state index contributed by atoms with van der Waals surface area (Å²) >= 11 is 5.98. The highest BCUT2D eigenvalue weighted by Gasteiger charge is 2.26. The molecule has 3 rings (SSSR count). The molecule has 5 heteroatoms. The summed E-state index contributed by atoms with van der Waals surface area (Å²) in [4.78, 5) is 4.15. The summed E-state index contributed by atoms with van der Waals surface area (Å²) in [7, 11) is 0. The number of hydrogen-bond donors (Lipinski definition) is 0. The summed E-state index contributed by atoms with van der Waals surface area (Å²) in [6.45, 7) is 8.83. The van der Waals surface area contributed by atoms with Gasteiger partial charge in [-0.25, -0.2) is 4.98 Å². The largest absolute Gasteiger partial charge is 0.492 e. The van der Waals surface area contributed by atoms with Gasteiger partial charge in [-0.05, 0) is 42.3 Å². The van der Waals surface area contributed by atoms with E-state index in [0.717, 1.165) is 27.7 Å². The van der Waals surface area contributed by atoms with Gasteiger partial charge in [-0.1, -0.05) is 56.6 Å². The van der Waals surface area contributed by atoms with Crippen LogP contribution in [0.1, 0.15) is 27.7 Å². The first-order valence-electron chi connectivity index (χ1n) is 9.28. The lowest BCUT2D eigenvalue weighted by Gasteiger charge is -2.26. The molecule has 0 saturated heterocycles. The summed E-state index contributed by atoms with van der Waals surface area (Å²) in [6, 6.07) is 15.7. The molecule has 1 heterocycles. The molecular formula is C23H25ClN2O2. The number of halogens is 1. The lowest BCUT2D eigenvalue weighted by atomic mass is 9.93. The van der Waals surface area contributed by atoms with Gasteiger partial charge in [-0.3, -0.25) is 4.57 Å². The van der Waals surface area contributed by atoms with E-state index in [1.54, 1.807) is 12.5 Å². The Morgan fingerprint density at radius 1 is 1.00 bits per heavy atom. The molecule has 146 valence electrons. The van der Waals surface area contributed by atoms with Gasteiger partial charge in [-0.2, -0.15) is 0 Å². The van der Waals surface area contributed by atoms with E-state index in [1.165, 1.54) is 0 Å². The van der Waals surface area contributed by atoms with Crippen molar-refractivity contribution in [1.29, 1.82) is 0 Å². The molecule has 3 aromatic rings. The predicted octanol–water partition coefficient (Wildman–Crippen LogP) is 6.49. The predicted molar refractivity (Wildman–Crippen MR) is 114 cm³/mol. The Morgan fingerprint density at radius 3 is 2.11 bits per heavy atom. The number of hydrogen-bond acceptors (Lipinski definition) is 3. The summed E-state index contributed by atoms with van der Waals surface area (Å²) in [5, 5.41) is 0.726. The van der Waals surface area contributed by atoms with E-state index in [9.17, 15) is 0 Å². The zero-order valence-electron chi connectivity index (χ0n) is 16.6. The van der Waals surface area contributed by atoms with E-state index in [2.05, 4.69) is 25.8 Å². The van der Waals surface area contributed by atoms with Crippen molar-refractivity contribution < 1.29 is 9.47 Å². The Balaban J connectivity index is 1.94. The van der Waals surface area contributed by atoms with Crippen LogP contribution in [-0.4, -0.2) is 16.2 Å². The minimum absolute atomic E-state index is 0.223. The number of ether oxygens (including phenoxy) is 2. The number of nitrogens with zero attached hydrogens (tertiary/aromatic N) is 2. The Labute approximate surface area is 171 Å². The second kappa shape index (κ2) is 8.53. The normalized spacial score (nSPS) is 12.5. The second-order valence-electron chi connectivity index (χ2n) is 7.42. The molecule has 0 radical (unpaired) electrons. The van der Waals surface area contributed by atoms with Crippen molar-refractivity contribution in [1.82, 2.24) is 9.55 Å². The minimum Gasteiger partial charge on any atom is -0.492 e. The molecule has 28 heavy (non-hydrogen) atoms. The molecule has 0 saturated carbocycles. The lowest BCUT2D eigenvalue weighted by molar-refractivity contribution is 0.155. The van der Waals surface area contributed by atoms with E-state index >= 15 is 0 Å². The van der Waals surface area contributed by atoms with Crippen LogP contribution in [0.15, 0.2) is 73.0 Å². The molecular weight excluding hydrogens is 372 g/mol. The fourth-order valence-corrected chi connectivity index (χ4v) is 2.93. The van der Waals surface area contributed by atoms with Crippen molar-refractivity contribution in [3.63, 3.8) is 0 Å². The van der Waals surface area contributed by atoms with Crippen LogP contribution in [-0.2, 0) is 4.74 Å². The molecule has 0 amide bonds. The maximum Gasteiger partial charge on any atom is 0.244 e. The van der Waals surface area contributed by atoms with Gasteiger partial charge < -0.3 is 9.47 Å². The van der Waals surface area contributed by atoms with Crippen LogP contribution in [0, 0.1) is 5.41 Å².